The lowest BCUT2D eigenvalue weighted by Crippen LogP contribution is -2.27. The van der Waals surface area contributed by atoms with E-state index in [1.165, 1.54) is 11.4 Å². The van der Waals surface area contributed by atoms with Crippen molar-refractivity contribution in [3.63, 3.8) is 0 Å². The van der Waals surface area contributed by atoms with Gasteiger partial charge in [0.15, 0.2) is 0 Å². The van der Waals surface area contributed by atoms with E-state index in [-0.39, 0.29) is 0 Å². The van der Waals surface area contributed by atoms with Crippen LogP contribution in [0.15, 0.2) is 36.5 Å². The molecule has 0 unspecified atom stereocenters. The topological polar surface area (TPSA) is 47.1 Å². The van der Waals surface area contributed by atoms with Gasteiger partial charge in [-0.05, 0) is 36.8 Å². The fourth-order valence-corrected chi connectivity index (χ4v) is 2.22. The third kappa shape index (κ3) is 3.50. The highest BCUT2D eigenvalue weighted by Gasteiger charge is 2.07. The monoisotopic (exact) mass is 258 g/mol. The summed E-state index contributed by atoms with van der Waals surface area (Å²) in [7, 11) is 1.99. The molecule has 1 aromatic heterocycles. The zero-order valence-corrected chi connectivity index (χ0v) is 11.7. The SMILES string of the molecule is CCCN(CCc1ccnn1C)c1ccc(N)cc1. The van der Waals surface area contributed by atoms with Gasteiger partial charge in [-0.1, -0.05) is 6.92 Å². The number of nitrogens with two attached hydrogens (primary N) is 1. The Kier molecular flexibility index (Phi) is 4.44. The zero-order valence-electron chi connectivity index (χ0n) is 11.7. The molecule has 0 saturated carbocycles. The summed E-state index contributed by atoms with van der Waals surface area (Å²) in [6.45, 7) is 4.26. The number of anilines is 2. The first kappa shape index (κ1) is 13.5. The quantitative estimate of drug-likeness (QED) is 0.810. The average molecular weight is 258 g/mol. The van der Waals surface area contributed by atoms with Crippen LogP contribution in [0.5, 0.6) is 0 Å². The summed E-state index contributed by atoms with van der Waals surface area (Å²) < 4.78 is 1.94. The van der Waals surface area contributed by atoms with E-state index in [1.807, 2.05) is 30.1 Å². The van der Waals surface area contributed by atoms with Crippen molar-refractivity contribution in [2.45, 2.75) is 19.8 Å². The molecule has 0 aliphatic heterocycles. The minimum Gasteiger partial charge on any atom is -0.399 e. The highest BCUT2D eigenvalue weighted by Crippen LogP contribution is 2.17. The fraction of sp³-hybridized carbons (Fsp3) is 0.400. The van der Waals surface area contributed by atoms with Crippen LogP contribution in [0.2, 0.25) is 0 Å². The molecule has 19 heavy (non-hydrogen) atoms. The lowest BCUT2D eigenvalue weighted by atomic mass is 10.2. The van der Waals surface area contributed by atoms with Crippen LogP contribution in [0, 0.1) is 0 Å². The van der Waals surface area contributed by atoms with Crippen molar-refractivity contribution < 1.29 is 0 Å². The number of nitrogen functional groups attached to an aromatic ring is 1. The van der Waals surface area contributed by atoms with Crippen LogP contribution in [0.1, 0.15) is 19.0 Å². The van der Waals surface area contributed by atoms with Crippen molar-refractivity contribution in [2.24, 2.45) is 7.05 Å². The van der Waals surface area contributed by atoms with E-state index in [0.29, 0.717) is 0 Å². The first-order valence-electron chi connectivity index (χ1n) is 6.78. The van der Waals surface area contributed by atoms with Crippen molar-refractivity contribution in [2.75, 3.05) is 23.7 Å². The molecule has 0 aliphatic rings. The fourth-order valence-electron chi connectivity index (χ4n) is 2.22. The van der Waals surface area contributed by atoms with Crippen LogP contribution < -0.4 is 10.6 Å². The largest absolute Gasteiger partial charge is 0.399 e. The maximum atomic E-state index is 5.74. The van der Waals surface area contributed by atoms with Gasteiger partial charge in [-0.3, -0.25) is 4.68 Å². The first-order chi connectivity index (χ1) is 9.20. The summed E-state index contributed by atoms with van der Waals surface area (Å²) in [6.07, 6.45) is 3.99. The van der Waals surface area contributed by atoms with Crippen LogP contribution >= 0.6 is 0 Å². The predicted molar refractivity (Wildman–Crippen MR) is 80.3 cm³/mol. The molecule has 4 nitrogen and oxygen atoms in total. The minimum absolute atomic E-state index is 0.812. The molecule has 0 spiro atoms. The Morgan fingerprint density at radius 1 is 1.16 bits per heavy atom. The molecule has 0 bridgehead atoms. The maximum absolute atomic E-state index is 5.74. The summed E-state index contributed by atoms with van der Waals surface area (Å²) in [5.41, 5.74) is 9.05. The molecule has 0 radical (unpaired) electrons. The van der Waals surface area contributed by atoms with Gasteiger partial charge in [0.1, 0.15) is 0 Å². The molecular weight excluding hydrogens is 236 g/mol. The molecule has 2 rings (SSSR count). The third-order valence-corrected chi connectivity index (χ3v) is 3.31. The van der Waals surface area contributed by atoms with Gasteiger partial charge in [0.05, 0.1) is 0 Å². The van der Waals surface area contributed by atoms with E-state index < -0.39 is 0 Å². The van der Waals surface area contributed by atoms with E-state index in [9.17, 15) is 0 Å². The highest BCUT2D eigenvalue weighted by atomic mass is 15.3. The molecule has 4 heteroatoms. The molecular formula is C15H22N4. The Labute approximate surface area is 114 Å². The van der Waals surface area contributed by atoms with Crippen molar-refractivity contribution >= 4 is 11.4 Å². The van der Waals surface area contributed by atoms with Gasteiger partial charge in [-0.2, -0.15) is 5.10 Å². The van der Waals surface area contributed by atoms with Gasteiger partial charge in [-0.15, -0.1) is 0 Å². The Balaban J connectivity index is 2.04. The second-order valence-corrected chi connectivity index (χ2v) is 4.77. The Hall–Kier alpha value is -1.97. The van der Waals surface area contributed by atoms with E-state index in [4.69, 9.17) is 5.73 Å². The van der Waals surface area contributed by atoms with Crippen LogP contribution in [-0.4, -0.2) is 22.9 Å². The summed E-state index contributed by atoms with van der Waals surface area (Å²) in [6, 6.07) is 10.2. The number of rotatable bonds is 6. The van der Waals surface area contributed by atoms with Crippen LogP contribution in [-0.2, 0) is 13.5 Å². The minimum atomic E-state index is 0.812. The molecule has 1 heterocycles. The van der Waals surface area contributed by atoms with E-state index in [0.717, 1.165) is 31.6 Å². The molecule has 102 valence electrons. The smallest absolute Gasteiger partial charge is 0.0492 e. The van der Waals surface area contributed by atoms with Gasteiger partial charge >= 0.3 is 0 Å². The van der Waals surface area contributed by atoms with E-state index in [1.54, 1.807) is 0 Å². The number of aromatic nitrogens is 2. The second kappa shape index (κ2) is 6.27. The van der Waals surface area contributed by atoms with Gasteiger partial charge in [0.2, 0.25) is 0 Å². The average Bonchev–Trinajstić information content (AvgIpc) is 2.81. The van der Waals surface area contributed by atoms with Crippen molar-refractivity contribution in [1.29, 1.82) is 0 Å². The Morgan fingerprint density at radius 2 is 1.89 bits per heavy atom. The lowest BCUT2D eigenvalue weighted by molar-refractivity contribution is 0.681. The van der Waals surface area contributed by atoms with Crippen molar-refractivity contribution in [3.05, 3.63) is 42.2 Å². The predicted octanol–water partition coefficient (Wildman–Crippen LogP) is 2.46. The maximum Gasteiger partial charge on any atom is 0.0492 e. The zero-order chi connectivity index (χ0) is 13.7. The number of nitrogens with zero attached hydrogens (tertiary/aromatic N) is 3. The molecule has 2 aromatic rings. The third-order valence-electron chi connectivity index (χ3n) is 3.31. The summed E-state index contributed by atoms with van der Waals surface area (Å²) in [5, 5.41) is 4.21. The molecule has 0 saturated heterocycles. The number of benzene rings is 1. The lowest BCUT2D eigenvalue weighted by Gasteiger charge is -2.24. The number of aryl methyl sites for hydroxylation is 1. The summed E-state index contributed by atoms with van der Waals surface area (Å²) >= 11 is 0. The molecule has 0 fully saturated rings. The van der Waals surface area contributed by atoms with Crippen LogP contribution in [0.3, 0.4) is 0 Å². The van der Waals surface area contributed by atoms with Gasteiger partial charge in [-0.25, -0.2) is 0 Å². The normalized spacial score (nSPS) is 10.6. The van der Waals surface area contributed by atoms with Crippen LogP contribution in [0.25, 0.3) is 0 Å². The van der Waals surface area contributed by atoms with E-state index in [2.05, 4.69) is 35.1 Å². The van der Waals surface area contributed by atoms with Crippen molar-refractivity contribution in [3.8, 4) is 0 Å². The molecule has 0 aliphatic carbocycles. The van der Waals surface area contributed by atoms with E-state index >= 15 is 0 Å². The van der Waals surface area contributed by atoms with Crippen LogP contribution in [0.4, 0.5) is 11.4 Å². The molecule has 2 N–H and O–H groups in total. The number of hydrogen-bond acceptors (Lipinski definition) is 3. The van der Waals surface area contributed by atoms with Gasteiger partial charge in [0, 0.05) is 49.8 Å². The molecule has 0 atom stereocenters. The number of hydrogen-bond donors (Lipinski definition) is 1. The van der Waals surface area contributed by atoms with Crippen molar-refractivity contribution in [1.82, 2.24) is 9.78 Å². The summed E-state index contributed by atoms with van der Waals surface area (Å²) in [4.78, 5) is 2.40. The Bertz CT molecular complexity index is 501. The van der Waals surface area contributed by atoms with Gasteiger partial charge in [0.25, 0.3) is 0 Å². The highest BCUT2D eigenvalue weighted by molar-refractivity contribution is 5.53. The molecule has 0 amide bonds. The summed E-state index contributed by atoms with van der Waals surface area (Å²) in [5.74, 6) is 0. The van der Waals surface area contributed by atoms with Gasteiger partial charge < -0.3 is 10.6 Å². The standard InChI is InChI=1S/C15H22N4/c1-3-11-19(15-6-4-13(16)5-7-15)12-9-14-8-10-17-18(14)2/h4-8,10H,3,9,11-12,16H2,1-2H3. The Morgan fingerprint density at radius 3 is 2.47 bits per heavy atom. The molecule has 1 aromatic carbocycles. The first-order valence-corrected chi connectivity index (χ1v) is 6.78. The second-order valence-electron chi connectivity index (χ2n) is 4.77.